The van der Waals surface area contributed by atoms with E-state index in [-0.39, 0.29) is 0 Å². The molecule has 1 aliphatic carbocycles. The number of halogens is 1. The third-order valence-electron chi connectivity index (χ3n) is 4.40. The van der Waals surface area contributed by atoms with Crippen molar-refractivity contribution in [2.75, 3.05) is 0 Å². The predicted molar refractivity (Wildman–Crippen MR) is 60.9 cm³/mol. The molecule has 0 N–H and O–H groups in total. The minimum Gasteiger partial charge on any atom is -0.317 e. The molecule has 0 aromatic carbocycles. The van der Waals surface area contributed by atoms with Crippen LogP contribution in [0.25, 0.3) is 0 Å². The van der Waals surface area contributed by atoms with Gasteiger partial charge in [-0.2, -0.15) is 0 Å². The zero-order valence-electron chi connectivity index (χ0n) is 10.0. The number of rotatable bonds is 2. The molecule has 1 aromatic heterocycles. The van der Waals surface area contributed by atoms with Crippen molar-refractivity contribution in [1.29, 1.82) is 0 Å². The Morgan fingerprint density at radius 3 is 2.07 bits per heavy atom. The van der Waals surface area contributed by atoms with Crippen LogP contribution in [0.3, 0.4) is 0 Å². The molecule has 1 fully saturated rings. The molecular weight excluding hydrogens is 210 g/mol. The smallest absolute Gasteiger partial charge is 0.147 e. The Hall–Kier alpha value is -0.570. The van der Waals surface area contributed by atoms with Gasteiger partial charge in [-0.3, -0.25) is 0 Å². The quantitative estimate of drug-likeness (QED) is 0.728. The molecule has 0 amide bonds. The van der Waals surface area contributed by atoms with Crippen molar-refractivity contribution in [2.24, 2.45) is 17.9 Å². The van der Waals surface area contributed by atoms with Gasteiger partial charge in [-0.25, -0.2) is 0 Å². The van der Waals surface area contributed by atoms with Crippen molar-refractivity contribution in [3.05, 3.63) is 11.6 Å². The second kappa shape index (κ2) is 2.97. The van der Waals surface area contributed by atoms with Crippen LogP contribution in [0.2, 0.25) is 0 Å². The Bertz CT molecular complexity index is 379. The normalized spacial score (nSPS) is 23.1. The van der Waals surface area contributed by atoms with Gasteiger partial charge >= 0.3 is 0 Å². The van der Waals surface area contributed by atoms with E-state index in [2.05, 4.69) is 37.9 Å². The molecule has 1 saturated carbocycles. The fraction of sp³-hybridized carbons (Fsp3) is 0.818. The van der Waals surface area contributed by atoms with E-state index in [1.165, 1.54) is 0 Å². The summed E-state index contributed by atoms with van der Waals surface area (Å²) in [5.41, 5.74) is 0.606. The van der Waals surface area contributed by atoms with E-state index < -0.39 is 0 Å². The van der Waals surface area contributed by atoms with Crippen molar-refractivity contribution in [2.45, 2.75) is 39.5 Å². The highest BCUT2D eigenvalue weighted by Gasteiger charge is 2.67. The lowest BCUT2D eigenvalue weighted by atomic mass is 10.0. The standard InChI is InChI=1S/C11H18ClN3/c1-10(2)8(11(10,3)4)9-14-13-7(6-12)15(9)5/h8H,6H2,1-5H3. The predicted octanol–water partition coefficient (Wildman–Crippen LogP) is 2.70. The molecule has 0 unspecified atom stereocenters. The summed E-state index contributed by atoms with van der Waals surface area (Å²) in [6.45, 7) is 9.14. The molecule has 84 valence electrons. The lowest BCUT2D eigenvalue weighted by molar-refractivity contribution is 0.457. The summed E-state index contributed by atoms with van der Waals surface area (Å²) < 4.78 is 2.04. The van der Waals surface area contributed by atoms with Gasteiger partial charge in [0.2, 0.25) is 0 Å². The summed E-state index contributed by atoms with van der Waals surface area (Å²) in [5, 5.41) is 8.38. The van der Waals surface area contributed by atoms with E-state index in [9.17, 15) is 0 Å². The Balaban J connectivity index is 2.38. The summed E-state index contributed by atoms with van der Waals surface area (Å²) in [6.07, 6.45) is 0. The van der Waals surface area contributed by atoms with E-state index in [0.29, 0.717) is 22.6 Å². The van der Waals surface area contributed by atoms with Gasteiger partial charge in [-0.1, -0.05) is 27.7 Å². The fourth-order valence-corrected chi connectivity index (χ4v) is 2.82. The van der Waals surface area contributed by atoms with Gasteiger partial charge in [0.1, 0.15) is 11.6 Å². The molecular formula is C11H18ClN3. The number of alkyl halides is 1. The number of hydrogen-bond donors (Lipinski definition) is 0. The third-order valence-corrected chi connectivity index (χ3v) is 4.64. The van der Waals surface area contributed by atoms with Crippen LogP contribution >= 0.6 is 11.6 Å². The maximum absolute atomic E-state index is 5.79. The third kappa shape index (κ3) is 1.25. The van der Waals surface area contributed by atoms with E-state index >= 15 is 0 Å². The Morgan fingerprint density at radius 1 is 1.20 bits per heavy atom. The first-order chi connectivity index (χ1) is 6.84. The van der Waals surface area contributed by atoms with Crippen molar-refractivity contribution < 1.29 is 0 Å². The molecule has 1 heterocycles. The van der Waals surface area contributed by atoms with E-state index in [1.807, 2.05) is 11.6 Å². The molecule has 0 spiro atoms. The van der Waals surface area contributed by atoms with Crippen LogP contribution in [0, 0.1) is 10.8 Å². The zero-order chi connectivity index (χ0) is 11.4. The second-order valence-electron chi connectivity index (χ2n) is 5.54. The van der Waals surface area contributed by atoms with Gasteiger partial charge < -0.3 is 4.57 Å². The summed E-state index contributed by atoms with van der Waals surface area (Å²) in [6, 6.07) is 0. The number of aromatic nitrogens is 3. The highest BCUT2D eigenvalue weighted by atomic mass is 35.5. The SMILES string of the molecule is Cn1c(CCl)nnc1C1C(C)(C)C1(C)C. The summed E-state index contributed by atoms with van der Waals surface area (Å²) in [5.74, 6) is 2.84. The van der Waals surface area contributed by atoms with Crippen molar-refractivity contribution in [3.63, 3.8) is 0 Å². The van der Waals surface area contributed by atoms with Crippen LogP contribution in [-0.4, -0.2) is 14.8 Å². The number of hydrogen-bond acceptors (Lipinski definition) is 2. The lowest BCUT2D eigenvalue weighted by Crippen LogP contribution is -2.02. The minimum absolute atomic E-state index is 0.303. The molecule has 1 aromatic rings. The van der Waals surface area contributed by atoms with Gasteiger partial charge in [-0.05, 0) is 10.8 Å². The molecule has 2 rings (SSSR count). The van der Waals surface area contributed by atoms with Gasteiger partial charge in [-0.15, -0.1) is 21.8 Å². The fourth-order valence-electron chi connectivity index (χ4n) is 2.58. The molecule has 0 aliphatic heterocycles. The summed E-state index contributed by atoms with van der Waals surface area (Å²) in [7, 11) is 2.00. The first-order valence-electron chi connectivity index (χ1n) is 5.28. The Morgan fingerprint density at radius 2 is 1.73 bits per heavy atom. The first kappa shape index (κ1) is 10.9. The monoisotopic (exact) mass is 227 g/mol. The molecule has 4 heteroatoms. The molecule has 0 bridgehead atoms. The molecule has 0 radical (unpaired) electrons. The molecule has 15 heavy (non-hydrogen) atoms. The summed E-state index contributed by atoms with van der Waals surface area (Å²) in [4.78, 5) is 0. The molecule has 1 aliphatic rings. The van der Waals surface area contributed by atoms with Crippen molar-refractivity contribution in [1.82, 2.24) is 14.8 Å². The van der Waals surface area contributed by atoms with Gasteiger partial charge in [0.15, 0.2) is 0 Å². The van der Waals surface area contributed by atoms with E-state index in [1.54, 1.807) is 0 Å². The average Bonchev–Trinajstić information content (AvgIpc) is 2.45. The van der Waals surface area contributed by atoms with Crippen LogP contribution in [0.1, 0.15) is 45.3 Å². The molecule has 3 nitrogen and oxygen atoms in total. The maximum atomic E-state index is 5.79. The van der Waals surface area contributed by atoms with Crippen molar-refractivity contribution in [3.8, 4) is 0 Å². The Kier molecular flexibility index (Phi) is 2.16. The lowest BCUT2D eigenvalue weighted by Gasteiger charge is -2.03. The average molecular weight is 228 g/mol. The minimum atomic E-state index is 0.303. The largest absolute Gasteiger partial charge is 0.317 e. The first-order valence-corrected chi connectivity index (χ1v) is 5.81. The topological polar surface area (TPSA) is 30.7 Å². The van der Waals surface area contributed by atoms with E-state index in [4.69, 9.17) is 11.6 Å². The van der Waals surface area contributed by atoms with E-state index in [0.717, 1.165) is 11.6 Å². The number of nitrogens with zero attached hydrogens (tertiary/aromatic N) is 3. The second-order valence-corrected chi connectivity index (χ2v) is 5.81. The van der Waals surface area contributed by atoms with Crippen LogP contribution in [-0.2, 0) is 12.9 Å². The molecule has 0 saturated heterocycles. The van der Waals surface area contributed by atoms with Gasteiger partial charge in [0.25, 0.3) is 0 Å². The van der Waals surface area contributed by atoms with Crippen LogP contribution < -0.4 is 0 Å². The van der Waals surface area contributed by atoms with Crippen LogP contribution in [0.15, 0.2) is 0 Å². The maximum Gasteiger partial charge on any atom is 0.147 e. The highest BCUT2D eigenvalue weighted by Crippen LogP contribution is 2.73. The summed E-state index contributed by atoms with van der Waals surface area (Å²) >= 11 is 5.79. The van der Waals surface area contributed by atoms with Gasteiger partial charge in [0, 0.05) is 13.0 Å². The Labute approximate surface area is 95.8 Å². The van der Waals surface area contributed by atoms with Gasteiger partial charge in [0.05, 0.1) is 5.88 Å². The molecule has 0 atom stereocenters. The van der Waals surface area contributed by atoms with Crippen LogP contribution in [0.5, 0.6) is 0 Å². The van der Waals surface area contributed by atoms with Crippen molar-refractivity contribution >= 4 is 11.6 Å². The highest BCUT2D eigenvalue weighted by molar-refractivity contribution is 6.16. The van der Waals surface area contributed by atoms with Crippen LogP contribution in [0.4, 0.5) is 0 Å². The zero-order valence-corrected chi connectivity index (χ0v) is 10.8.